The number of nitrogens with zero attached hydrogens (tertiary/aromatic N) is 1. The highest BCUT2D eigenvalue weighted by Crippen LogP contribution is 2.28. The van der Waals surface area contributed by atoms with Crippen molar-refractivity contribution in [2.75, 3.05) is 0 Å². The molecule has 33 heavy (non-hydrogen) atoms. The molecule has 0 atom stereocenters. The quantitative estimate of drug-likeness (QED) is 0.424. The highest BCUT2D eigenvalue weighted by atomic mass is 35.5. The second-order valence-electron chi connectivity index (χ2n) is 6.85. The number of hydrogen-bond donors (Lipinski definition) is 1. The van der Waals surface area contributed by atoms with Crippen LogP contribution in [0, 0.1) is 0 Å². The molecule has 0 saturated carbocycles. The maximum absolute atomic E-state index is 12.7. The van der Waals surface area contributed by atoms with Gasteiger partial charge in [0.2, 0.25) is 0 Å². The average molecular weight is 498 g/mol. The molecular formula is C23H16Cl2F3NO4. The zero-order chi connectivity index (χ0) is 24.2. The van der Waals surface area contributed by atoms with Crippen LogP contribution in [0.2, 0.25) is 10.0 Å². The van der Waals surface area contributed by atoms with Crippen molar-refractivity contribution in [3.8, 4) is 5.75 Å². The molecule has 10 heteroatoms. The molecule has 3 rings (SSSR count). The molecule has 172 valence electrons. The van der Waals surface area contributed by atoms with E-state index < -0.39 is 23.6 Å². The third kappa shape index (κ3) is 6.40. The number of ether oxygens (including phenoxy) is 1. The second-order valence-corrected chi connectivity index (χ2v) is 7.67. The molecular weight excluding hydrogens is 482 g/mol. The number of carbonyl (C=O) groups is 1. The summed E-state index contributed by atoms with van der Waals surface area (Å²) in [6.07, 6.45) is -1.74. The monoisotopic (exact) mass is 497 g/mol. The lowest BCUT2D eigenvalue weighted by Crippen LogP contribution is -2.24. The van der Waals surface area contributed by atoms with Gasteiger partial charge >= 0.3 is 12.3 Å². The highest BCUT2D eigenvalue weighted by Gasteiger charge is 2.31. The Morgan fingerprint density at radius 3 is 2.33 bits per heavy atom. The molecule has 0 amide bonds. The molecule has 0 fully saturated rings. The van der Waals surface area contributed by atoms with Crippen LogP contribution in [0.15, 0.2) is 59.4 Å². The van der Waals surface area contributed by atoms with Crippen molar-refractivity contribution in [2.45, 2.75) is 19.3 Å². The minimum Gasteiger partial charge on any atom is -0.478 e. The SMILES string of the molecule is O=C(O)c1ccc(CCn2c(/C=C/c3ccccc3OC(F)(F)F)c(Cl)cc(Cl)c2=O)cc1. The fourth-order valence-corrected chi connectivity index (χ4v) is 3.61. The van der Waals surface area contributed by atoms with Crippen molar-refractivity contribution < 1.29 is 27.8 Å². The minimum atomic E-state index is -4.86. The Bertz CT molecular complexity index is 1250. The van der Waals surface area contributed by atoms with E-state index in [0.717, 1.165) is 5.56 Å². The zero-order valence-electron chi connectivity index (χ0n) is 16.8. The molecule has 2 aromatic carbocycles. The second kappa shape index (κ2) is 10.1. The van der Waals surface area contributed by atoms with E-state index >= 15 is 0 Å². The number of halogens is 5. The first-order valence-electron chi connectivity index (χ1n) is 9.49. The molecule has 1 heterocycles. The Hall–Kier alpha value is -3.23. The Balaban J connectivity index is 1.93. The number of aromatic carboxylic acids is 1. The molecule has 0 spiro atoms. The van der Waals surface area contributed by atoms with Crippen LogP contribution in [-0.2, 0) is 13.0 Å². The van der Waals surface area contributed by atoms with Gasteiger partial charge in [0.1, 0.15) is 10.8 Å². The Morgan fingerprint density at radius 1 is 1.03 bits per heavy atom. The number of benzene rings is 2. The number of hydrogen-bond acceptors (Lipinski definition) is 3. The predicted octanol–water partition coefficient (Wildman–Crippen LogP) is 6.17. The summed E-state index contributed by atoms with van der Waals surface area (Å²) >= 11 is 12.3. The van der Waals surface area contributed by atoms with E-state index in [2.05, 4.69) is 4.74 Å². The molecule has 0 saturated heterocycles. The summed E-state index contributed by atoms with van der Waals surface area (Å²) in [5.74, 6) is -1.46. The van der Waals surface area contributed by atoms with Gasteiger partial charge < -0.3 is 14.4 Å². The third-order valence-corrected chi connectivity index (χ3v) is 5.20. The number of pyridine rings is 1. The van der Waals surface area contributed by atoms with E-state index in [1.165, 1.54) is 53.1 Å². The van der Waals surface area contributed by atoms with Crippen LogP contribution in [0.25, 0.3) is 12.2 Å². The maximum Gasteiger partial charge on any atom is 0.573 e. The van der Waals surface area contributed by atoms with Gasteiger partial charge in [0, 0.05) is 12.1 Å². The summed E-state index contributed by atoms with van der Waals surface area (Å²) in [4.78, 5) is 23.7. The summed E-state index contributed by atoms with van der Waals surface area (Å²) in [5.41, 5.74) is 0.744. The van der Waals surface area contributed by atoms with Gasteiger partial charge in [0.15, 0.2) is 0 Å². The fraction of sp³-hybridized carbons (Fsp3) is 0.130. The van der Waals surface area contributed by atoms with Crippen LogP contribution in [0.4, 0.5) is 13.2 Å². The molecule has 5 nitrogen and oxygen atoms in total. The molecule has 0 aliphatic carbocycles. The Labute approximate surface area is 196 Å². The minimum absolute atomic E-state index is 0.112. The largest absolute Gasteiger partial charge is 0.573 e. The summed E-state index contributed by atoms with van der Waals surface area (Å²) in [7, 11) is 0. The lowest BCUT2D eigenvalue weighted by Gasteiger charge is -2.14. The van der Waals surface area contributed by atoms with Crippen LogP contribution in [0.1, 0.15) is 27.2 Å². The number of rotatable bonds is 7. The van der Waals surface area contributed by atoms with Gasteiger partial charge in [0.25, 0.3) is 5.56 Å². The highest BCUT2D eigenvalue weighted by molar-refractivity contribution is 6.35. The molecule has 0 bridgehead atoms. The maximum atomic E-state index is 12.7. The van der Waals surface area contributed by atoms with Gasteiger partial charge in [-0.1, -0.05) is 53.5 Å². The van der Waals surface area contributed by atoms with Gasteiger partial charge in [-0.05, 0) is 48.4 Å². The molecule has 1 N–H and O–H groups in total. The predicted molar refractivity (Wildman–Crippen MR) is 120 cm³/mol. The van der Waals surface area contributed by atoms with Crippen molar-refractivity contribution in [1.82, 2.24) is 4.57 Å². The fourth-order valence-electron chi connectivity index (χ4n) is 3.07. The Kier molecular flexibility index (Phi) is 7.50. The number of aryl methyl sites for hydroxylation is 1. The first-order valence-corrected chi connectivity index (χ1v) is 10.2. The van der Waals surface area contributed by atoms with Crippen molar-refractivity contribution in [3.05, 3.63) is 97.4 Å². The first kappa shape index (κ1) is 24.4. The van der Waals surface area contributed by atoms with Gasteiger partial charge in [-0.2, -0.15) is 0 Å². The van der Waals surface area contributed by atoms with E-state index in [9.17, 15) is 22.8 Å². The molecule has 0 unspecified atom stereocenters. The standard InChI is InChI=1S/C23H16Cl2F3NO4/c24-17-13-18(25)21(30)29(12-11-14-5-7-16(8-6-14)22(31)32)19(17)10-9-15-3-1-2-4-20(15)33-23(26,27)28/h1-10,13H,11-12H2,(H,31,32)/b10-9+. The van der Waals surface area contributed by atoms with E-state index in [1.54, 1.807) is 18.2 Å². The van der Waals surface area contributed by atoms with Crippen molar-refractivity contribution in [1.29, 1.82) is 0 Å². The molecule has 3 aromatic rings. The number of alkyl halides is 3. The third-order valence-electron chi connectivity index (χ3n) is 4.63. The van der Waals surface area contributed by atoms with Crippen LogP contribution in [-0.4, -0.2) is 22.0 Å². The van der Waals surface area contributed by atoms with E-state index in [0.29, 0.717) is 6.42 Å². The first-order chi connectivity index (χ1) is 15.5. The zero-order valence-corrected chi connectivity index (χ0v) is 18.3. The molecule has 0 aliphatic rings. The van der Waals surface area contributed by atoms with Crippen LogP contribution in [0.3, 0.4) is 0 Å². The number of carboxylic acids is 1. The van der Waals surface area contributed by atoms with E-state index in [1.807, 2.05) is 0 Å². The number of carboxylic acid groups (broad SMARTS) is 1. The summed E-state index contributed by atoms with van der Waals surface area (Å²) in [6, 6.07) is 13.0. The van der Waals surface area contributed by atoms with Crippen LogP contribution < -0.4 is 10.3 Å². The smallest absolute Gasteiger partial charge is 0.478 e. The van der Waals surface area contributed by atoms with Gasteiger partial charge in [-0.25, -0.2) is 4.79 Å². The molecule has 1 aromatic heterocycles. The topological polar surface area (TPSA) is 68.5 Å². The average Bonchev–Trinajstić information content (AvgIpc) is 2.74. The van der Waals surface area contributed by atoms with Gasteiger partial charge in [-0.15, -0.1) is 13.2 Å². The van der Waals surface area contributed by atoms with Crippen LogP contribution in [0.5, 0.6) is 5.75 Å². The van der Waals surface area contributed by atoms with Gasteiger partial charge in [0.05, 0.1) is 16.3 Å². The number of aromatic nitrogens is 1. The lowest BCUT2D eigenvalue weighted by atomic mass is 10.1. The van der Waals surface area contributed by atoms with Crippen molar-refractivity contribution in [3.63, 3.8) is 0 Å². The normalized spacial score (nSPS) is 11.7. The Morgan fingerprint density at radius 2 is 1.70 bits per heavy atom. The summed E-state index contributed by atoms with van der Waals surface area (Å²) in [6.45, 7) is 0.145. The molecule has 0 aliphatic heterocycles. The van der Waals surface area contributed by atoms with Crippen LogP contribution >= 0.6 is 23.2 Å². The number of para-hydroxylation sites is 1. The van der Waals surface area contributed by atoms with Gasteiger partial charge in [-0.3, -0.25) is 4.79 Å². The summed E-state index contributed by atoms with van der Waals surface area (Å²) in [5, 5.41) is 9.02. The summed E-state index contributed by atoms with van der Waals surface area (Å²) < 4.78 is 43.4. The molecule has 0 radical (unpaired) electrons. The van der Waals surface area contributed by atoms with E-state index in [4.69, 9.17) is 28.3 Å². The lowest BCUT2D eigenvalue weighted by molar-refractivity contribution is -0.274. The van der Waals surface area contributed by atoms with Crippen molar-refractivity contribution >= 4 is 41.3 Å². The van der Waals surface area contributed by atoms with Crippen molar-refractivity contribution in [2.24, 2.45) is 0 Å². The van der Waals surface area contributed by atoms with E-state index in [-0.39, 0.29) is 33.4 Å².